The Hall–Kier alpha value is -1.39. The maximum Gasteiger partial charge on any atom is 0.303 e. The van der Waals surface area contributed by atoms with E-state index in [0.717, 1.165) is 5.56 Å². The van der Waals surface area contributed by atoms with Crippen LogP contribution in [0.15, 0.2) is 30.3 Å². The summed E-state index contributed by atoms with van der Waals surface area (Å²) in [5.74, 6) is -0.928. The number of carboxylic acid groups (broad SMARTS) is 1. The van der Waals surface area contributed by atoms with E-state index in [4.69, 9.17) is 15.6 Å². The normalized spacial score (nSPS) is 15.9. The minimum absolute atomic E-state index is 0.0704. The third-order valence-corrected chi connectivity index (χ3v) is 2.86. The highest BCUT2D eigenvalue weighted by Crippen LogP contribution is 2.16. The standard InChI is InChI=1S/C14H21NO3/c1-10(8-13(16)17)14(11(2)15)18-9-12-6-4-3-5-7-12/h3-7,10-11,14H,8-9,15H2,1-2H3,(H,16,17)/t10-,11-,14+/m0/s1. The molecule has 1 rings (SSSR count). The van der Waals surface area contributed by atoms with Crippen molar-refractivity contribution in [3.05, 3.63) is 35.9 Å². The Morgan fingerprint density at radius 3 is 2.44 bits per heavy atom. The van der Waals surface area contributed by atoms with Crippen LogP contribution in [0.5, 0.6) is 0 Å². The van der Waals surface area contributed by atoms with E-state index < -0.39 is 5.97 Å². The lowest BCUT2D eigenvalue weighted by Gasteiger charge is -2.26. The van der Waals surface area contributed by atoms with Gasteiger partial charge in [-0.05, 0) is 18.4 Å². The molecule has 0 saturated carbocycles. The SMILES string of the molecule is C[C@H](N)[C@H](OCc1ccccc1)[C@@H](C)CC(=O)O. The fraction of sp³-hybridized carbons (Fsp3) is 0.500. The Morgan fingerprint density at radius 2 is 1.94 bits per heavy atom. The van der Waals surface area contributed by atoms with Crippen LogP contribution in [0, 0.1) is 5.92 Å². The predicted octanol–water partition coefficient (Wildman–Crippen LogP) is 2.03. The van der Waals surface area contributed by atoms with Gasteiger partial charge in [-0.15, -0.1) is 0 Å². The molecule has 18 heavy (non-hydrogen) atoms. The van der Waals surface area contributed by atoms with Gasteiger partial charge in [0.25, 0.3) is 0 Å². The summed E-state index contributed by atoms with van der Waals surface area (Å²) in [6, 6.07) is 9.59. The van der Waals surface area contributed by atoms with Crippen molar-refractivity contribution in [2.75, 3.05) is 0 Å². The van der Waals surface area contributed by atoms with Crippen molar-refractivity contribution >= 4 is 5.97 Å². The number of aliphatic carboxylic acids is 1. The van der Waals surface area contributed by atoms with Crippen molar-refractivity contribution in [3.8, 4) is 0 Å². The molecule has 0 fully saturated rings. The second-order valence-electron chi connectivity index (χ2n) is 4.70. The number of hydrogen-bond acceptors (Lipinski definition) is 3. The van der Waals surface area contributed by atoms with Gasteiger partial charge in [-0.2, -0.15) is 0 Å². The average molecular weight is 251 g/mol. The molecular weight excluding hydrogens is 230 g/mol. The van der Waals surface area contributed by atoms with Crippen LogP contribution in [0.2, 0.25) is 0 Å². The molecule has 0 heterocycles. The first kappa shape index (κ1) is 14.7. The molecule has 0 aliphatic heterocycles. The van der Waals surface area contributed by atoms with Crippen molar-refractivity contribution in [2.45, 2.75) is 39.0 Å². The average Bonchev–Trinajstić information content (AvgIpc) is 2.29. The van der Waals surface area contributed by atoms with Gasteiger partial charge in [-0.3, -0.25) is 4.79 Å². The smallest absolute Gasteiger partial charge is 0.303 e. The van der Waals surface area contributed by atoms with Gasteiger partial charge in [0.2, 0.25) is 0 Å². The summed E-state index contributed by atoms with van der Waals surface area (Å²) in [6.45, 7) is 4.15. The molecule has 0 amide bonds. The largest absolute Gasteiger partial charge is 0.481 e. The highest BCUT2D eigenvalue weighted by atomic mass is 16.5. The molecule has 0 aliphatic rings. The highest BCUT2D eigenvalue weighted by Gasteiger charge is 2.24. The van der Waals surface area contributed by atoms with E-state index in [1.807, 2.05) is 44.2 Å². The summed E-state index contributed by atoms with van der Waals surface area (Å²) in [5.41, 5.74) is 6.92. The molecule has 100 valence electrons. The zero-order valence-electron chi connectivity index (χ0n) is 10.9. The number of ether oxygens (including phenoxy) is 1. The number of rotatable bonds is 7. The molecule has 1 aromatic carbocycles. The number of nitrogens with two attached hydrogens (primary N) is 1. The van der Waals surface area contributed by atoms with E-state index in [0.29, 0.717) is 6.61 Å². The molecule has 4 nitrogen and oxygen atoms in total. The topological polar surface area (TPSA) is 72.5 Å². The maximum absolute atomic E-state index is 10.7. The first-order chi connectivity index (χ1) is 8.50. The van der Waals surface area contributed by atoms with Gasteiger partial charge in [-0.1, -0.05) is 37.3 Å². The molecule has 0 radical (unpaired) electrons. The van der Waals surface area contributed by atoms with E-state index in [-0.39, 0.29) is 24.5 Å². The minimum Gasteiger partial charge on any atom is -0.481 e. The molecule has 3 atom stereocenters. The molecule has 0 unspecified atom stereocenters. The molecule has 1 aromatic rings. The first-order valence-electron chi connectivity index (χ1n) is 6.13. The summed E-state index contributed by atoms with van der Waals surface area (Å²) >= 11 is 0. The summed E-state index contributed by atoms with van der Waals surface area (Å²) in [5, 5.41) is 8.80. The zero-order chi connectivity index (χ0) is 13.5. The summed E-state index contributed by atoms with van der Waals surface area (Å²) in [6.07, 6.45) is -0.178. The van der Waals surface area contributed by atoms with Crippen molar-refractivity contribution in [3.63, 3.8) is 0 Å². The van der Waals surface area contributed by atoms with Crippen molar-refractivity contribution in [1.82, 2.24) is 0 Å². The summed E-state index contributed by atoms with van der Waals surface area (Å²) in [7, 11) is 0. The summed E-state index contributed by atoms with van der Waals surface area (Å²) < 4.78 is 5.76. The predicted molar refractivity (Wildman–Crippen MR) is 70.1 cm³/mol. The van der Waals surface area contributed by atoms with Crippen molar-refractivity contribution < 1.29 is 14.6 Å². The van der Waals surface area contributed by atoms with Gasteiger partial charge >= 0.3 is 5.97 Å². The summed E-state index contributed by atoms with van der Waals surface area (Å²) in [4.78, 5) is 10.7. The molecule has 0 saturated heterocycles. The molecule has 0 bridgehead atoms. The van der Waals surface area contributed by atoms with Crippen LogP contribution in [0.25, 0.3) is 0 Å². The number of benzene rings is 1. The lowest BCUT2D eigenvalue weighted by Crippen LogP contribution is -2.39. The molecule has 0 aromatic heterocycles. The Balaban J connectivity index is 2.55. The lowest BCUT2D eigenvalue weighted by molar-refractivity contribution is -0.139. The van der Waals surface area contributed by atoms with Crippen LogP contribution < -0.4 is 5.73 Å². The Labute approximate surface area is 108 Å². The van der Waals surface area contributed by atoms with Crippen molar-refractivity contribution in [2.24, 2.45) is 11.7 Å². The van der Waals surface area contributed by atoms with E-state index in [2.05, 4.69) is 0 Å². The van der Waals surface area contributed by atoms with Crippen molar-refractivity contribution in [1.29, 1.82) is 0 Å². The number of carbonyl (C=O) groups is 1. The maximum atomic E-state index is 10.7. The van der Waals surface area contributed by atoms with E-state index in [9.17, 15) is 4.79 Å². The molecule has 4 heteroatoms. The van der Waals surface area contributed by atoms with Crippen LogP contribution in [0.1, 0.15) is 25.8 Å². The van der Waals surface area contributed by atoms with Crippen LogP contribution in [0.3, 0.4) is 0 Å². The van der Waals surface area contributed by atoms with Crippen LogP contribution in [-0.2, 0) is 16.1 Å². The first-order valence-corrected chi connectivity index (χ1v) is 6.13. The second-order valence-corrected chi connectivity index (χ2v) is 4.70. The van der Waals surface area contributed by atoms with E-state index >= 15 is 0 Å². The molecule has 3 N–H and O–H groups in total. The quantitative estimate of drug-likeness (QED) is 0.777. The zero-order valence-corrected chi connectivity index (χ0v) is 10.9. The van der Waals surface area contributed by atoms with Gasteiger partial charge in [-0.25, -0.2) is 0 Å². The fourth-order valence-corrected chi connectivity index (χ4v) is 1.99. The van der Waals surface area contributed by atoms with Gasteiger partial charge in [0.05, 0.1) is 19.1 Å². The van der Waals surface area contributed by atoms with Gasteiger partial charge in [0.1, 0.15) is 0 Å². The lowest BCUT2D eigenvalue weighted by atomic mass is 9.96. The van der Waals surface area contributed by atoms with Crippen LogP contribution in [-0.4, -0.2) is 23.2 Å². The van der Waals surface area contributed by atoms with Gasteiger partial charge in [0.15, 0.2) is 0 Å². The van der Waals surface area contributed by atoms with Gasteiger partial charge < -0.3 is 15.6 Å². The Bertz CT molecular complexity index is 365. The Kier molecular flexibility index (Phi) is 5.82. The monoisotopic (exact) mass is 251 g/mol. The molecule has 0 aliphatic carbocycles. The van der Waals surface area contributed by atoms with Gasteiger partial charge in [0, 0.05) is 6.04 Å². The fourth-order valence-electron chi connectivity index (χ4n) is 1.99. The second kappa shape index (κ2) is 7.13. The van der Waals surface area contributed by atoms with E-state index in [1.54, 1.807) is 0 Å². The van der Waals surface area contributed by atoms with Crippen LogP contribution >= 0.6 is 0 Å². The minimum atomic E-state index is -0.823. The third kappa shape index (κ3) is 4.85. The highest BCUT2D eigenvalue weighted by molar-refractivity contribution is 5.67. The van der Waals surface area contributed by atoms with Crippen LogP contribution in [0.4, 0.5) is 0 Å². The Morgan fingerprint density at radius 1 is 1.33 bits per heavy atom. The molecule has 0 spiro atoms. The number of hydrogen-bond donors (Lipinski definition) is 2. The number of carboxylic acids is 1. The molecular formula is C14H21NO3. The van der Waals surface area contributed by atoms with E-state index in [1.165, 1.54) is 0 Å². The third-order valence-electron chi connectivity index (χ3n) is 2.86.